The summed E-state index contributed by atoms with van der Waals surface area (Å²) in [5.41, 5.74) is 8.36. The molecule has 1 atom stereocenters. The lowest BCUT2D eigenvalue weighted by Gasteiger charge is -2.24. The Labute approximate surface area is 115 Å². The molecule has 19 heavy (non-hydrogen) atoms. The summed E-state index contributed by atoms with van der Waals surface area (Å²) in [5.74, 6) is 0.0759. The molecule has 1 aromatic rings. The van der Waals surface area contributed by atoms with Gasteiger partial charge in [0.2, 0.25) is 5.91 Å². The van der Waals surface area contributed by atoms with Gasteiger partial charge in [0.25, 0.3) is 0 Å². The minimum absolute atomic E-state index is 0.0759. The molecule has 1 amide bonds. The molecule has 1 aliphatic rings. The predicted molar refractivity (Wildman–Crippen MR) is 78.0 cm³/mol. The predicted octanol–water partition coefficient (Wildman–Crippen LogP) is 1.59. The Hall–Kier alpha value is -1.55. The van der Waals surface area contributed by atoms with E-state index in [2.05, 4.69) is 31.0 Å². The quantitative estimate of drug-likeness (QED) is 0.899. The van der Waals surface area contributed by atoms with Crippen molar-refractivity contribution in [2.45, 2.75) is 32.4 Å². The van der Waals surface area contributed by atoms with Crippen LogP contribution >= 0.6 is 0 Å². The molecule has 0 radical (unpaired) electrons. The Kier molecular flexibility index (Phi) is 4.43. The van der Waals surface area contributed by atoms with Crippen LogP contribution in [-0.2, 0) is 11.3 Å². The van der Waals surface area contributed by atoms with Crippen LogP contribution in [0, 0.1) is 0 Å². The third-order valence-corrected chi connectivity index (χ3v) is 3.70. The molecule has 0 fully saturated rings. The molecule has 0 saturated carbocycles. The maximum Gasteiger partial charge on any atom is 0.239 e. The van der Waals surface area contributed by atoms with Crippen molar-refractivity contribution >= 4 is 11.6 Å². The molecule has 1 aromatic carbocycles. The summed E-state index contributed by atoms with van der Waals surface area (Å²) in [7, 11) is 2.07. The Balaban J connectivity index is 2.16. The van der Waals surface area contributed by atoms with Crippen LogP contribution in [0.1, 0.15) is 25.3 Å². The first-order valence-electron chi connectivity index (χ1n) is 6.97. The van der Waals surface area contributed by atoms with Crippen LogP contribution in [0.4, 0.5) is 5.69 Å². The Morgan fingerprint density at radius 2 is 2.11 bits per heavy atom. The lowest BCUT2D eigenvalue weighted by atomic mass is 10.1. The van der Waals surface area contributed by atoms with Crippen LogP contribution in [-0.4, -0.2) is 37.0 Å². The third-order valence-electron chi connectivity index (χ3n) is 3.70. The fraction of sp³-hybridized carbons (Fsp3) is 0.533. The molecule has 0 saturated heterocycles. The van der Waals surface area contributed by atoms with Crippen LogP contribution in [0.5, 0.6) is 0 Å². The topological polar surface area (TPSA) is 49.6 Å². The van der Waals surface area contributed by atoms with Crippen LogP contribution in [0.15, 0.2) is 24.3 Å². The number of rotatable bonds is 3. The van der Waals surface area contributed by atoms with Crippen LogP contribution in [0.3, 0.4) is 0 Å². The molecule has 1 unspecified atom stereocenters. The summed E-state index contributed by atoms with van der Waals surface area (Å²) in [6, 6.07) is 7.89. The van der Waals surface area contributed by atoms with E-state index >= 15 is 0 Å². The minimum Gasteiger partial charge on any atom is -0.373 e. The molecule has 1 heterocycles. The average Bonchev–Trinajstić information content (AvgIpc) is 2.58. The number of fused-ring (bicyclic) bond motifs is 1. The molecule has 0 spiro atoms. The largest absolute Gasteiger partial charge is 0.373 e. The van der Waals surface area contributed by atoms with Gasteiger partial charge in [0.1, 0.15) is 0 Å². The normalized spacial score (nSPS) is 16.8. The lowest BCUT2D eigenvalue weighted by molar-refractivity contribution is -0.133. The van der Waals surface area contributed by atoms with Gasteiger partial charge in [0.05, 0.1) is 6.04 Å². The highest BCUT2D eigenvalue weighted by Gasteiger charge is 2.24. The standard InChI is InChI=1S/C15H23N3O/c1-3-6-13(16)15(19)18-10-9-17(2)14-8-5-4-7-12(14)11-18/h4-5,7-8,13H,3,6,9-11,16H2,1-2H3. The van der Waals surface area contributed by atoms with Gasteiger partial charge in [-0.2, -0.15) is 0 Å². The number of carbonyl (C=O) groups excluding carboxylic acids is 1. The van der Waals surface area contributed by atoms with Crippen LogP contribution < -0.4 is 10.6 Å². The molecular weight excluding hydrogens is 238 g/mol. The first-order chi connectivity index (χ1) is 9.13. The Morgan fingerprint density at radius 3 is 2.84 bits per heavy atom. The summed E-state index contributed by atoms with van der Waals surface area (Å²) >= 11 is 0. The van der Waals surface area contributed by atoms with Gasteiger partial charge in [-0.1, -0.05) is 31.5 Å². The highest BCUT2D eigenvalue weighted by Crippen LogP contribution is 2.23. The second-order valence-electron chi connectivity index (χ2n) is 5.21. The van der Waals surface area contributed by atoms with Crippen molar-refractivity contribution in [1.29, 1.82) is 0 Å². The second-order valence-corrected chi connectivity index (χ2v) is 5.21. The lowest BCUT2D eigenvalue weighted by Crippen LogP contribution is -2.44. The molecule has 0 aliphatic carbocycles. The molecular formula is C15H23N3O. The number of anilines is 1. The summed E-state index contributed by atoms with van der Waals surface area (Å²) < 4.78 is 0. The number of carbonyl (C=O) groups is 1. The summed E-state index contributed by atoms with van der Waals surface area (Å²) in [6.45, 7) is 4.30. The van der Waals surface area contributed by atoms with E-state index in [9.17, 15) is 4.79 Å². The smallest absolute Gasteiger partial charge is 0.239 e. The molecule has 4 heteroatoms. The van der Waals surface area contributed by atoms with Gasteiger partial charge in [0, 0.05) is 32.4 Å². The van der Waals surface area contributed by atoms with Crippen molar-refractivity contribution in [3.05, 3.63) is 29.8 Å². The maximum atomic E-state index is 12.3. The van der Waals surface area contributed by atoms with Crippen molar-refractivity contribution in [3.8, 4) is 0 Å². The van der Waals surface area contributed by atoms with E-state index in [1.165, 1.54) is 11.3 Å². The fourth-order valence-corrected chi connectivity index (χ4v) is 2.55. The van der Waals surface area contributed by atoms with E-state index in [-0.39, 0.29) is 11.9 Å². The maximum absolute atomic E-state index is 12.3. The van der Waals surface area contributed by atoms with Crippen molar-refractivity contribution in [1.82, 2.24) is 4.90 Å². The van der Waals surface area contributed by atoms with Gasteiger partial charge < -0.3 is 15.5 Å². The van der Waals surface area contributed by atoms with Crippen molar-refractivity contribution in [2.24, 2.45) is 5.73 Å². The van der Waals surface area contributed by atoms with Gasteiger partial charge in [-0.05, 0) is 18.1 Å². The Morgan fingerprint density at radius 1 is 1.37 bits per heavy atom. The zero-order chi connectivity index (χ0) is 13.8. The first kappa shape index (κ1) is 13.9. The number of nitrogens with zero attached hydrogens (tertiary/aromatic N) is 2. The number of amides is 1. The fourth-order valence-electron chi connectivity index (χ4n) is 2.55. The second kappa shape index (κ2) is 6.06. The van der Waals surface area contributed by atoms with E-state index in [0.29, 0.717) is 6.54 Å². The summed E-state index contributed by atoms with van der Waals surface area (Å²) in [5, 5.41) is 0. The van der Waals surface area contributed by atoms with Crippen LogP contribution in [0.25, 0.3) is 0 Å². The van der Waals surface area contributed by atoms with Crippen molar-refractivity contribution in [2.75, 3.05) is 25.0 Å². The first-order valence-corrected chi connectivity index (χ1v) is 6.97. The molecule has 2 N–H and O–H groups in total. The molecule has 2 rings (SSSR count). The molecule has 0 bridgehead atoms. The van der Waals surface area contributed by atoms with Gasteiger partial charge in [-0.25, -0.2) is 0 Å². The molecule has 0 aromatic heterocycles. The summed E-state index contributed by atoms with van der Waals surface area (Å²) in [4.78, 5) is 16.4. The van der Waals surface area contributed by atoms with E-state index in [4.69, 9.17) is 5.73 Å². The number of hydrogen-bond donors (Lipinski definition) is 1. The number of nitrogens with two attached hydrogens (primary N) is 1. The van der Waals surface area contributed by atoms with Gasteiger partial charge in [0.15, 0.2) is 0 Å². The van der Waals surface area contributed by atoms with E-state index in [1.54, 1.807) is 0 Å². The SMILES string of the molecule is CCCC(N)C(=O)N1CCN(C)c2ccccc2C1. The number of hydrogen-bond acceptors (Lipinski definition) is 3. The molecule has 1 aliphatic heterocycles. The van der Waals surface area contributed by atoms with Gasteiger partial charge in [-0.15, -0.1) is 0 Å². The number of para-hydroxylation sites is 1. The average molecular weight is 261 g/mol. The minimum atomic E-state index is -0.361. The van der Waals surface area contributed by atoms with E-state index < -0.39 is 0 Å². The van der Waals surface area contributed by atoms with Gasteiger partial charge >= 0.3 is 0 Å². The Bertz CT molecular complexity index is 447. The highest BCUT2D eigenvalue weighted by molar-refractivity contribution is 5.82. The number of likely N-dealkylation sites (N-methyl/N-ethyl adjacent to an activating group) is 1. The highest BCUT2D eigenvalue weighted by atomic mass is 16.2. The number of benzene rings is 1. The van der Waals surface area contributed by atoms with Crippen molar-refractivity contribution < 1.29 is 4.79 Å². The van der Waals surface area contributed by atoms with E-state index in [1.807, 2.05) is 17.0 Å². The van der Waals surface area contributed by atoms with E-state index in [0.717, 1.165) is 25.9 Å². The van der Waals surface area contributed by atoms with Crippen LogP contribution in [0.2, 0.25) is 0 Å². The van der Waals surface area contributed by atoms with Gasteiger partial charge in [-0.3, -0.25) is 4.79 Å². The van der Waals surface area contributed by atoms with Crippen molar-refractivity contribution in [3.63, 3.8) is 0 Å². The molecule has 104 valence electrons. The molecule has 4 nitrogen and oxygen atoms in total. The zero-order valence-electron chi connectivity index (χ0n) is 11.8. The summed E-state index contributed by atoms with van der Waals surface area (Å²) in [6.07, 6.45) is 1.70. The third kappa shape index (κ3) is 3.07. The zero-order valence-corrected chi connectivity index (χ0v) is 11.8. The monoisotopic (exact) mass is 261 g/mol.